The van der Waals surface area contributed by atoms with Crippen LogP contribution in [-0.2, 0) is 11.3 Å². The highest BCUT2D eigenvalue weighted by molar-refractivity contribution is 5.76. The van der Waals surface area contributed by atoms with Crippen molar-refractivity contribution < 1.29 is 9.53 Å². The lowest BCUT2D eigenvalue weighted by Gasteiger charge is -2.12. The van der Waals surface area contributed by atoms with Crippen LogP contribution in [0.5, 0.6) is 5.88 Å². The Labute approximate surface area is 129 Å². The van der Waals surface area contributed by atoms with E-state index in [1.54, 1.807) is 25.6 Å². The van der Waals surface area contributed by atoms with Crippen molar-refractivity contribution in [3.63, 3.8) is 0 Å². The average Bonchev–Trinajstić information content (AvgIpc) is 2.54. The fraction of sp³-hybridized carbons (Fsp3) is 0.312. The topological polar surface area (TPSA) is 90.1 Å². The number of rotatable bonds is 6. The Morgan fingerprint density at radius 2 is 2.09 bits per heavy atom. The third kappa shape index (κ3) is 4.53. The zero-order valence-corrected chi connectivity index (χ0v) is 12.7. The molecule has 6 nitrogen and oxygen atoms in total. The molecule has 0 saturated carbocycles. The molecule has 1 amide bonds. The number of ether oxygens (including phenoxy) is 1. The van der Waals surface area contributed by atoms with Crippen LogP contribution in [0.3, 0.4) is 0 Å². The van der Waals surface area contributed by atoms with Crippen molar-refractivity contribution in [2.45, 2.75) is 25.9 Å². The second kappa shape index (κ2) is 7.51. The van der Waals surface area contributed by atoms with Crippen LogP contribution in [0, 0.1) is 6.92 Å². The third-order valence-corrected chi connectivity index (χ3v) is 3.24. The lowest BCUT2D eigenvalue weighted by molar-refractivity contribution is -0.121. The number of amides is 1. The summed E-state index contributed by atoms with van der Waals surface area (Å²) in [5.41, 5.74) is 8.72. The van der Waals surface area contributed by atoms with Gasteiger partial charge in [-0.25, -0.2) is 4.98 Å². The molecule has 6 heteroatoms. The molecule has 0 bridgehead atoms. The van der Waals surface area contributed by atoms with E-state index < -0.39 is 6.04 Å². The van der Waals surface area contributed by atoms with E-state index in [4.69, 9.17) is 10.5 Å². The molecule has 0 aliphatic rings. The second-order valence-corrected chi connectivity index (χ2v) is 5.05. The highest BCUT2D eigenvalue weighted by Crippen LogP contribution is 2.15. The van der Waals surface area contributed by atoms with Crippen LogP contribution in [0.1, 0.15) is 29.3 Å². The summed E-state index contributed by atoms with van der Waals surface area (Å²) < 4.78 is 4.99. The summed E-state index contributed by atoms with van der Waals surface area (Å²) in [6.45, 7) is 2.37. The van der Waals surface area contributed by atoms with Crippen LogP contribution in [0.4, 0.5) is 0 Å². The Bertz CT molecular complexity index is 611. The number of aryl methyl sites for hydroxylation is 1. The number of hydrogen-bond donors (Lipinski definition) is 2. The monoisotopic (exact) mass is 300 g/mol. The minimum atomic E-state index is -0.399. The summed E-state index contributed by atoms with van der Waals surface area (Å²) in [6.07, 6.45) is 3.59. The number of nitrogens with two attached hydrogens (primary N) is 1. The smallest absolute Gasteiger partial charge is 0.222 e. The van der Waals surface area contributed by atoms with Crippen molar-refractivity contribution in [1.29, 1.82) is 0 Å². The largest absolute Gasteiger partial charge is 0.481 e. The quantitative estimate of drug-likeness (QED) is 0.843. The minimum absolute atomic E-state index is 0.120. The van der Waals surface area contributed by atoms with Gasteiger partial charge >= 0.3 is 0 Å². The zero-order chi connectivity index (χ0) is 15.9. The summed E-state index contributed by atoms with van der Waals surface area (Å²) in [7, 11) is 1.55. The van der Waals surface area contributed by atoms with Crippen molar-refractivity contribution in [2.75, 3.05) is 7.11 Å². The van der Waals surface area contributed by atoms with Crippen molar-refractivity contribution in [1.82, 2.24) is 15.3 Å². The molecule has 2 heterocycles. The highest BCUT2D eigenvalue weighted by Gasteiger charge is 2.12. The van der Waals surface area contributed by atoms with Crippen LogP contribution in [0.2, 0.25) is 0 Å². The molecule has 1 unspecified atom stereocenters. The minimum Gasteiger partial charge on any atom is -0.481 e. The van der Waals surface area contributed by atoms with Crippen LogP contribution in [0.25, 0.3) is 0 Å². The SMILES string of the molecule is COc1ccc(C(N)CC(=O)NCc2ccc(C)cn2)cn1. The van der Waals surface area contributed by atoms with Gasteiger partial charge in [-0.05, 0) is 24.1 Å². The first-order valence-electron chi connectivity index (χ1n) is 7.02. The standard InChI is InChI=1S/C16H20N4O2/c1-11-3-5-13(18-8-11)10-19-15(21)7-14(17)12-4-6-16(22-2)20-9-12/h3-6,8-9,14H,7,10,17H2,1-2H3,(H,19,21). The first kappa shape index (κ1) is 15.9. The maximum Gasteiger partial charge on any atom is 0.222 e. The molecule has 0 aliphatic carbocycles. The zero-order valence-electron chi connectivity index (χ0n) is 12.7. The Morgan fingerprint density at radius 1 is 1.27 bits per heavy atom. The van der Waals surface area contributed by atoms with E-state index in [0.717, 1.165) is 16.8 Å². The predicted molar refractivity (Wildman–Crippen MR) is 83.2 cm³/mol. The van der Waals surface area contributed by atoms with Gasteiger partial charge in [-0.3, -0.25) is 9.78 Å². The molecule has 2 rings (SSSR count). The molecule has 0 fully saturated rings. The first-order valence-corrected chi connectivity index (χ1v) is 7.02. The molecular weight excluding hydrogens is 280 g/mol. The molecule has 2 aromatic rings. The van der Waals surface area contributed by atoms with Gasteiger partial charge < -0.3 is 15.8 Å². The molecule has 0 aliphatic heterocycles. The molecule has 22 heavy (non-hydrogen) atoms. The van der Waals surface area contributed by atoms with Gasteiger partial charge in [0.15, 0.2) is 0 Å². The molecule has 0 aromatic carbocycles. The lowest BCUT2D eigenvalue weighted by atomic mass is 10.1. The van der Waals surface area contributed by atoms with Crippen molar-refractivity contribution in [3.8, 4) is 5.88 Å². The maximum absolute atomic E-state index is 11.9. The van der Waals surface area contributed by atoms with E-state index in [1.165, 1.54) is 0 Å². The normalized spacial score (nSPS) is 11.8. The van der Waals surface area contributed by atoms with Crippen molar-refractivity contribution >= 4 is 5.91 Å². The van der Waals surface area contributed by atoms with Crippen LogP contribution in [0.15, 0.2) is 36.7 Å². The molecule has 0 saturated heterocycles. The molecule has 0 spiro atoms. The van der Waals surface area contributed by atoms with E-state index in [2.05, 4.69) is 15.3 Å². The summed E-state index contributed by atoms with van der Waals surface area (Å²) in [4.78, 5) is 20.2. The second-order valence-electron chi connectivity index (χ2n) is 5.05. The Hall–Kier alpha value is -2.47. The molecule has 3 N–H and O–H groups in total. The number of methoxy groups -OCH3 is 1. The fourth-order valence-corrected chi connectivity index (χ4v) is 1.91. The van der Waals surface area contributed by atoms with Gasteiger partial charge in [0.25, 0.3) is 0 Å². The van der Waals surface area contributed by atoms with Gasteiger partial charge in [0.2, 0.25) is 11.8 Å². The molecular formula is C16H20N4O2. The Morgan fingerprint density at radius 3 is 2.68 bits per heavy atom. The Kier molecular flexibility index (Phi) is 5.43. The van der Waals surface area contributed by atoms with Gasteiger partial charge in [-0.1, -0.05) is 12.1 Å². The molecule has 1 atom stereocenters. The van der Waals surface area contributed by atoms with Crippen molar-refractivity contribution in [2.24, 2.45) is 5.73 Å². The summed E-state index contributed by atoms with van der Waals surface area (Å²) in [5.74, 6) is 0.400. The number of pyridine rings is 2. The molecule has 116 valence electrons. The summed E-state index contributed by atoms with van der Waals surface area (Å²) in [5, 5.41) is 2.82. The van der Waals surface area contributed by atoms with E-state index >= 15 is 0 Å². The number of aromatic nitrogens is 2. The van der Waals surface area contributed by atoms with Gasteiger partial charge in [0.05, 0.1) is 19.3 Å². The van der Waals surface area contributed by atoms with Gasteiger partial charge in [0.1, 0.15) is 0 Å². The predicted octanol–water partition coefficient (Wildman–Crippen LogP) is 1.50. The highest BCUT2D eigenvalue weighted by atomic mass is 16.5. The summed E-state index contributed by atoms with van der Waals surface area (Å²) in [6, 6.07) is 6.99. The Balaban J connectivity index is 1.83. The molecule has 0 radical (unpaired) electrons. The van der Waals surface area contributed by atoms with Gasteiger partial charge in [0, 0.05) is 30.9 Å². The van der Waals surface area contributed by atoms with E-state index in [0.29, 0.717) is 12.4 Å². The maximum atomic E-state index is 11.9. The number of nitrogens with zero attached hydrogens (tertiary/aromatic N) is 2. The third-order valence-electron chi connectivity index (χ3n) is 3.24. The lowest BCUT2D eigenvalue weighted by Crippen LogP contribution is -2.27. The number of carbonyl (C=O) groups excluding carboxylic acids is 1. The fourth-order valence-electron chi connectivity index (χ4n) is 1.91. The number of hydrogen-bond acceptors (Lipinski definition) is 5. The van der Waals surface area contributed by atoms with E-state index in [1.807, 2.05) is 25.1 Å². The first-order chi connectivity index (χ1) is 10.6. The van der Waals surface area contributed by atoms with Crippen LogP contribution < -0.4 is 15.8 Å². The van der Waals surface area contributed by atoms with E-state index in [-0.39, 0.29) is 12.3 Å². The van der Waals surface area contributed by atoms with Gasteiger partial charge in [-0.15, -0.1) is 0 Å². The van der Waals surface area contributed by atoms with Crippen LogP contribution in [-0.4, -0.2) is 23.0 Å². The molecule has 2 aromatic heterocycles. The van der Waals surface area contributed by atoms with E-state index in [9.17, 15) is 4.79 Å². The average molecular weight is 300 g/mol. The van der Waals surface area contributed by atoms with Gasteiger partial charge in [-0.2, -0.15) is 0 Å². The van der Waals surface area contributed by atoms with Crippen LogP contribution >= 0.6 is 0 Å². The number of carbonyl (C=O) groups is 1. The summed E-state index contributed by atoms with van der Waals surface area (Å²) >= 11 is 0. The van der Waals surface area contributed by atoms with Crippen molar-refractivity contribution in [3.05, 3.63) is 53.5 Å². The number of nitrogens with one attached hydrogen (secondary N) is 1.